The Morgan fingerprint density at radius 3 is 2.48 bits per heavy atom. The molecule has 0 bridgehead atoms. The van der Waals surface area contributed by atoms with E-state index in [1.54, 1.807) is 12.1 Å². The lowest BCUT2D eigenvalue weighted by Crippen LogP contribution is -2.48. The fraction of sp³-hybridized carbons (Fsp3) is 0.500. The quantitative estimate of drug-likeness (QED) is 0.781. The van der Waals surface area contributed by atoms with Gasteiger partial charge in [-0.3, -0.25) is 4.79 Å². The zero-order valence-electron chi connectivity index (χ0n) is 14.8. The Balaban J connectivity index is 1.68. The summed E-state index contributed by atoms with van der Waals surface area (Å²) in [5.41, 5.74) is 0.799. The van der Waals surface area contributed by atoms with Crippen molar-refractivity contribution in [2.75, 3.05) is 5.75 Å². The van der Waals surface area contributed by atoms with Gasteiger partial charge >= 0.3 is 0 Å². The summed E-state index contributed by atoms with van der Waals surface area (Å²) in [6.45, 7) is 4.24. The van der Waals surface area contributed by atoms with Crippen molar-refractivity contribution in [3.63, 3.8) is 0 Å². The molecule has 2 unspecified atom stereocenters. The van der Waals surface area contributed by atoms with Crippen LogP contribution in [0.3, 0.4) is 0 Å². The zero-order valence-corrected chi connectivity index (χ0v) is 15.6. The highest BCUT2D eigenvalue weighted by Crippen LogP contribution is 2.26. The molecular formula is C18H23FN4OS. The van der Waals surface area contributed by atoms with Crippen LogP contribution >= 0.6 is 11.8 Å². The monoisotopic (exact) mass is 362 g/mol. The van der Waals surface area contributed by atoms with Crippen LogP contribution < -0.4 is 0 Å². The molecule has 0 radical (unpaired) electrons. The van der Waals surface area contributed by atoms with Gasteiger partial charge in [-0.05, 0) is 57.4 Å². The first-order chi connectivity index (χ1) is 12.0. The lowest BCUT2D eigenvalue weighted by Gasteiger charge is -2.39. The van der Waals surface area contributed by atoms with Crippen LogP contribution in [0, 0.1) is 5.82 Å². The van der Waals surface area contributed by atoms with Crippen LogP contribution in [0.5, 0.6) is 0 Å². The second kappa shape index (κ2) is 7.56. The van der Waals surface area contributed by atoms with E-state index < -0.39 is 0 Å². The van der Waals surface area contributed by atoms with E-state index in [9.17, 15) is 9.18 Å². The van der Waals surface area contributed by atoms with Crippen molar-refractivity contribution in [1.29, 1.82) is 0 Å². The summed E-state index contributed by atoms with van der Waals surface area (Å²) in [4.78, 5) is 14.6. The summed E-state index contributed by atoms with van der Waals surface area (Å²) in [7, 11) is 1.86. The Bertz CT molecular complexity index is 736. The van der Waals surface area contributed by atoms with E-state index in [0.29, 0.717) is 28.8 Å². The predicted octanol–water partition coefficient (Wildman–Crippen LogP) is 3.50. The smallest absolute Gasteiger partial charge is 0.233 e. The maximum atomic E-state index is 13.1. The van der Waals surface area contributed by atoms with E-state index >= 15 is 0 Å². The minimum atomic E-state index is -0.282. The molecule has 1 aliphatic rings. The van der Waals surface area contributed by atoms with Gasteiger partial charge in [-0.25, -0.2) is 4.39 Å². The van der Waals surface area contributed by atoms with Gasteiger partial charge < -0.3 is 9.47 Å². The van der Waals surface area contributed by atoms with Crippen LogP contribution in [-0.4, -0.2) is 43.4 Å². The van der Waals surface area contributed by atoms with Crippen molar-refractivity contribution in [2.45, 2.75) is 50.4 Å². The molecule has 1 aromatic heterocycles. The van der Waals surface area contributed by atoms with Gasteiger partial charge in [0, 0.05) is 24.7 Å². The average Bonchev–Trinajstić information content (AvgIpc) is 2.94. The molecule has 5 nitrogen and oxygen atoms in total. The van der Waals surface area contributed by atoms with Crippen molar-refractivity contribution in [2.24, 2.45) is 7.05 Å². The maximum absolute atomic E-state index is 13.1. The maximum Gasteiger partial charge on any atom is 0.233 e. The van der Waals surface area contributed by atoms with Gasteiger partial charge in [-0.1, -0.05) is 11.8 Å². The lowest BCUT2D eigenvalue weighted by atomic mass is 9.98. The van der Waals surface area contributed by atoms with Crippen molar-refractivity contribution in [3.05, 3.63) is 30.1 Å². The van der Waals surface area contributed by atoms with Crippen LogP contribution in [0.1, 0.15) is 33.1 Å². The van der Waals surface area contributed by atoms with Gasteiger partial charge in [0.25, 0.3) is 0 Å². The molecule has 25 heavy (non-hydrogen) atoms. The number of halogens is 1. The van der Waals surface area contributed by atoms with E-state index in [1.165, 1.54) is 30.3 Å². The minimum absolute atomic E-state index is 0.149. The Morgan fingerprint density at radius 1 is 1.20 bits per heavy atom. The Kier molecular flexibility index (Phi) is 5.42. The normalized spacial score (nSPS) is 20.7. The lowest BCUT2D eigenvalue weighted by molar-refractivity contribution is -0.134. The third-order valence-electron chi connectivity index (χ3n) is 4.74. The highest BCUT2D eigenvalue weighted by molar-refractivity contribution is 7.99. The number of nitrogens with zero attached hydrogens (tertiary/aromatic N) is 4. The fourth-order valence-corrected chi connectivity index (χ4v) is 4.18. The second-order valence-corrected chi connectivity index (χ2v) is 7.53. The largest absolute Gasteiger partial charge is 0.337 e. The van der Waals surface area contributed by atoms with Crippen LogP contribution in [-0.2, 0) is 11.8 Å². The average molecular weight is 362 g/mol. The Morgan fingerprint density at radius 2 is 1.84 bits per heavy atom. The van der Waals surface area contributed by atoms with Gasteiger partial charge in [-0.15, -0.1) is 10.2 Å². The van der Waals surface area contributed by atoms with E-state index in [-0.39, 0.29) is 11.7 Å². The van der Waals surface area contributed by atoms with E-state index in [0.717, 1.165) is 18.4 Å². The first-order valence-electron chi connectivity index (χ1n) is 8.56. The summed E-state index contributed by atoms with van der Waals surface area (Å²) in [6, 6.07) is 6.75. The Hall–Kier alpha value is -1.89. The Labute approximate surface area is 151 Å². The van der Waals surface area contributed by atoms with Crippen molar-refractivity contribution >= 4 is 17.7 Å². The number of thioether (sulfide) groups is 1. The van der Waals surface area contributed by atoms with Gasteiger partial charge in [-0.2, -0.15) is 0 Å². The first-order valence-corrected chi connectivity index (χ1v) is 9.55. The molecule has 1 aromatic carbocycles. The van der Waals surface area contributed by atoms with Gasteiger partial charge in [0.05, 0.1) is 5.75 Å². The first kappa shape index (κ1) is 17.9. The SMILES string of the molecule is CC1CCCC(C)N1C(=O)CSc1nnc(-c2ccc(F)cc2)n1C. The zero-order chi connectivity index (χ0) is 18.0. The molecule has 134 valence electrons. The summed E-state index contributed by atoms with van der Waals surface area (Å²) in [6.07, 6.45) is 3.32. The molecule has 0 spiro atoms. The van der Waals surface area contributed by atoms with E-state index in [4.69, 9.17) is 0 Å². The highest BCUT2D eigenvalue weighted by atomic mass is 32.2. The van der Waals surface area contributed by atoms with Crippen molar-refractivity contribution in [3.8, 4) is 11.4 Å². The molecule has 3 rings (SSSR count). The van der Waals surface area contributed by atoms with Gasteiger partial charge in [0.1, 0.15) is 5.82 Å². The van der Waals surface area contributed by atoms with Crippen LogP contribution in [0.25, 0.3) is 11.4 Å². The van der Waals surface area contributed by atoms with Crippen LogP contribution in [0.15, 0.2) is 29.4 Å². The molecule has 1 saturated heterocycles. The van der Waals surface area contributed by atoms with Gasteiger partial charge in [0.2, 0.25) is 5.91 Å². The molecule has 1 fully saturated rings. The number of hydrogen-bond acceptors (Lipinski definition) is 4. The number of likely N-dealkylation sites (tertiary alicyclic amines) is 1. The molecule has 2 aromatic rings. The molecule has 2 heterocycles. The minimum Gasteiger partial charge on any atom is -0.337 e. The number of amides is 1. The molecule has 0 saturated carbocycles. The summed E-state index contributed by atoms with van der Waals surface area (Å²) in [5, 5.41) is 9.05. The van der Waals surface area contributed by atoms with Crippen LogP contribution in [0.4, 0.5) is 4.39 Å². The third-order valence-corrected chi connectivity index (χ3v) is 5.75. The number of hydrogen-bond donors (Lipinski definition) is 0. The number of benzene rings is 1. The molecule has 7 heteroatoms. The summed E-state index contributed by atoms with van der Waals surface area (Å²) < 4.78 is 14.9. The molecule has 2 atom stereocenters. The fourth-order valence-electron chi connectivity index (χ4n) is 3.40. The molecule has 0 aliphatic carbocycles. The third kappa shape index (κ3) is 3.86. The molecule has 1 amide bonds. The second-order valence-electron chi connectivity index (χ2n) is 6.59. The highest BCUT2D eigenvalue weighted by Gasteiger charge is 2.29. The van der Waals surface area contributed by atoms with Crippen molar-refractivity contribution < 1.29 is 9.18 Å². The van der Waals surface area contributed by atoms with Crippen LogP contribution in [0.2, 0.25) is 0 Å². The molecular weight excluding hydrogens is 339 g/mol. The number of rotatable bonds is 4. The summed E-state index contributed by atoms with van der Waals surface area (Å²) >= 11 is 1.40. The number of aromatic nitrogens is 3. The number of piperidine rings is 1. The van der Waals surface area contributed by atoms with Crippen molar-refractivity contribution in [1.82, 2.24) is 19.7 Å². The topological polar surface area (TPSA) is 51.0 Å². The summed E-state index contributed by atoms with van der Waals surface area (Å²) in [5.74, 6) is 0.880. The predicted molar refractivity (Wildman–Crippen MR) is 96.7 cm³/mol. The standard InChI is InChI=1S/C18H23FN4OS/c1-12-5-4-6-13(2)23(12)16(24)11-25-18-21-20-17(22(18)3)14-7-9-15(19)10-8-14/h7-10,12-13H,4-6,11H2,1-3H3. The van der Waals surface area contributed by atoms with Gasteiger partial charge in [0.15, 0.2) is 11.0 Å². The van der Waals surface area contributed by atoms with E-state index in [2.05, 4.69) is 24.0 Å². The molecule has 1 aliphatic heterocycles. The number of carbonyl (C=O) groups excluding carboxylic acids is 1. The molecule has 0 N–H and O–H groups in total. The van der Waals surface area contributed by atoms with E-state index in [1.807, 2.05) is 16.5 Å². The number of carbonyl (C=O) groups is 1.